The molecule has 0 bridgehead atoms. The average Bonchev–Trinajstić information content (AvgIpc) is 3.58. The topological polar surface area (TPSA) is 101 Å². The first kappa shape index (κ1) is 28.3. The summed E-state index contributed by atoms with van der Waals surface area (Å²) in [4.78, 5) is 41.7. The van der Waals surface area contributed by atoms with E-state index in [1.54, 1.807) is 29.1 Å². The van der Waals surface area contributed by atoms with E-state index in [2.05, 4.69) is 24.3 Å². The smallest absolute Gasteiger partial charge is 0.410 e. The van der Waals surface area contributed by atoms with Crippen LogP contribution in [-0.4, -0.2) is 68.5 Å². The second-order valence-electron chi connectivity index (χ2n) is 11.9. The maximum atomic E-state index is 13.8. The van der Waals surface area contributed by atoms with Gasteiger partial charge in [0.2, 0.25) is 0 Å². The number of carbonyl (C=O) groups excluding carboxylic acids is 2. The van der Waals surface area contributed by atoms with Crippen LogP contribution in [-0.2, 0) is 23.1 Å². The van der Waals surface area contributed by atoms with E-state index in [1.165, 1.54) is 4.57 Å². The molecule has 5 rings (SSSR count). The summed E-state index contributed by atoms with van der Waals surface area (Å²) in [6.07, 6.45) is 1.32. The lowest BCUT2D eigenvalue weighted by Gasteiger charge is -2.33. The van der Waals surface area contributed by atoms with Crippen LogP contribution in [0.15, 0.2) is 60.8 Å². The minimum Gasteiger partial charge on any atom is -0.477 e. The third-order valence-corrected chi connectivity index (χ3v) is 7.95. The SMILES string of the molecule is C[C@@H]1[C@@H](N(Cc2cc(C(=O)O)n(C)c2)C(=O)OCC2c3ccccc3-c3ccccc32)CCN1C(=O)OC(C)(C)C. The molecule has 216 valence electrons. The van der Waals surface area contributed by atoms with Gasteiger partial charge < -0.3 is 24.0 Å². The molecule has 0 radical (unpaired) electrons. The van der Waals surface area contributed by atoms with Gasteiger partial charge in [-0.15, -0.1) is 0 Å². The highest BCUT2D eigenvalue weighted by Crippen LogP contribution is 2.44. The Morgan fingerprint density at radius 2 is 1.63 bits per heavy atom. The number of benzene rings is 2. The van der Waals surface area contributed by atoms with Crippen LogP contribution in [0.1, 0.15) is 67.2 Å². The molecule has 2 heterocycles. The van der Waals surface area contributed by atoms with Crippen molar-refractivity contribution in [2.45, 2.75) is 64.3 Å². The number of aromatic nitrogens is 1. The Morgan fingerprint density at radius 1 is 1.02 bits per heavy atom. The number of nitrogens with zero attached hydrogens (tertiary/aromatic N) is 3. The number of hydrogen-bond donors (Lipinski definition) is 1. The molecule has 41 heavy (non-hydrogen) atoms. The van der Waals surface area contributed by atoms with Crippen LogP contribution >= 0.6 is 0 Å². The van der Waals surface area contributed by atoms with Gasteiger partial charge in [-0.3, -0.25) is 4.90 Å². The molecule has 0 unspecified atom stereocenters. The van der Waals surface area contributed by atoms with Gasteiger partial charge in [0.25, 0.3) is 0 Å². The number of fused-ring (bicyclic) bond motifs is 3. The molecule has 3 aromatic rings. The first-order valence-electron chi connectivity index (χ1n) is 13.9. The maximum Gasteiger partial charge on any atom is 0.410 e. The molecule has 0 saturated carbocycles. The van der Waals surface area contributed by atoms with Crippen molar-refractivity contribution in [3.63, 3.8) is 0 Å². The van der Waals surface area contributed by atoms with Crippen LogP contribution in [0, 0.1) is 0 Å². The molecule has 1 aromatic heterocycles. The number of carbonyl (C=O) groups is 3. The van der Waals surface area contributed by atoms with Crippen molar-refractivity contribution >= 4 is 18.2 Å². The van der Waals surface area contributed by atoms with Crippen LogP contribution < -0.4 is 0 Å². The predicted molar refractivity (Wildman–Crippen MR) is 154 cm³/mol. The van der Waals surface area contributed by atoms with E-state index in [-0.39, 0.29) is 36.8 Å². The normalized spacial score (nSPS) is 18.1. The molecular formula is C32H37N3O6. The molecule has 2 aromatic carbocycles. The zero-order valence-corrected chi connectivity index (χ0v) is 24.2. The highest BCUT2D eigenvalue weighted by Gasteiger charge is 2.42. The first-order chi connectivity index (χ1) is 19.4. The largest absolute Gasteiger partial charge is 0.477 e. The molecule has 0 spiro atoms. The van der Waals surface area contributed by atoms with E-state index in [9.17, 15) is 19.5 Å². The molecule has 2 amide bonds. The zero-order valence-electron chi connectivity index (χ0n) is 24.2. The minimum absolute atomic E-state index is 0.0946. The van der Waals surface area contributed by atoms with Gasteiger partial charge in [-0.25, -0.2) is 14.4 Å². The summed E-state index contributed by atoms with van der Waals surface area (Å²) in [5.74, 6) is -1.14. The van der Waals surface area contributed by atoms with Crippen molar-refractivity contribution in [3.8, 4) is 11.1 Å². The fourth-order valence-electron chi connectivity index (χ4n) is 6.04. The van der Waals surface area contributed by atoms with Gasteiger partial charge in [0.15, 0.2) is 0 Å². The van der Waals surface area contributed by atoms with E-state index in [1.807, 2.05) is 52.0 Å². The third kappa shape index (κ3) is 5.66. The van der Waals surface area contributed by atoms with Crippen molar-refractivity contribution < 1.29 is 29.0 Å². The zero-order chi connectivity index (χ0) is 29.5. The molecule has 2 atom stereocenters. The quantitative estimate of drug-likeness (QED) is 0.405. The van der Waals surface area contributed by atoms with Gasteiger partial charge in [0.05, 0.1) is 18.6 Å². The number of rotatable bonds is 6. The summed E-state index contributed by atoms with van der Waals surface area (Å²) in [6.45, 7) is 8.11. The van der Waals surface area contributed by atoms with E-state index in [4.69, 9.17) is 9.47 Å². The molecule has 1 N–H and O–H groups in total. The van der Waals surface area contributed by atoms with Gasteiger partial charge in [-0.1, -0.05) is 48.5 Å². The summed E-state index contributed by atoms with van der Waals surface area (Å²) in [5, 5.41) is 9.55. The lowest BCUT2D eigenvalue weighted by atomic mass is 9.98. The van der Waals surface area contributed by atoms with Crippen LogP contribution in [0.25, 0.3) is 11.1 Å². The van der Waals surface area contributed by atoms with Crippen molar-refractivity contribution in [3.05, 3.63) is 83.2 Å². The summed E-state index contributed by atoms with van der Waals surface area (Å²) in [7, 11) is 1.66. The number of carboxylic acids is 1. The number of aromatic carboxylic acids is 1. The predicted octanol–water partition coefficient (Wildman–Crippen LogP) is 5.87. The number of likely N-dealkylation sites (tertiary alicyclic amines) is 1. The minimum atomic E-state index is -1.04. The number of aryl methyl sites for hydroxylation is 1. The summed E-state index contributed by atoms with van der Waals surface area (Å²) >= 11 is 0. The molecule has 2 aliphatic rings. The van der Waals surface area contributed by atoms with Gasteiger partial charge in [-0.2, -0.15) is 0 Å². The monoisotopic (exact) mass is 559 g/mol. The Bertz CT molecular complexity index is 1430. The van der Waals surface area contributed by atoms with Gasteiger partial charge in [0.1, 0.15) is 17.9 Å². The Hall–Kier alpha value is -4.27. The van der Waals surface area contributed by atoms with E-state index in [0.29, 0.717) is 18.5 Å². The molecule has 9 nitrogen and oxygen atoms in total. The molecule has 1 fully saturated rings. The van der Waals surface area contributed by atoms with Gasteiger partial charge >= 0.3 is 18.2 Å². The molecular weight excluding hydrogens is 522 g/mol. The average molecular weight is 560 g/mol. The van der Waals surface area contributed by atoms with Crippen LogP contribution in [0.2, 0.25) is 0 Å². The van der Waals surface area contributed by atoms with Gasteiger partial charge in [0, 0.05) is 25.7 Å². The Kier molecular flexibility index (Phi) is 7.55. The lowest BCUT2D eigenvalue weighted by Crippen LogP contribution is -2.48. The molecule has 1 saturated heterocycles. The lowest BCUT2D eigenvalue weighted by molar-refractivity contribution is 0.0188. The first-order valence-corrected chi connectivity index (χ1v) is 13.9. The Labute approximate surface area is 240 Å². The number of carboxylic acid groups (broad SMARTS) is 1. The van der Waals surface area contributed by atoms with Crippen molar-refractivity contribution in [2.75, 3.05) is 13.2 Å². The van der Waals surface area contributed by atoms with Crippen molar-refractivity contribution in [2.24, 2.45) is 7.05 Å². The van der Waals surface area contributed by atoms with Gasteiger partial charge in [-0.05, 0) is 68.0 Å². The summed E-state index contributed by atoms with van der Waals surface area (Å²) < 4.78 is 13.2. The third-order valence-electron chi connectivity index (χ3n) is 7.95. The highest BCUT2D eigenvalue weighted by atomic mass is 16.6. The van der Waals surface area contributed by atoms with E-state index < -0.39 is 23.8 Å². The molecule has 1 aliphatic carbocycles. The van der Waals surface area contributed by atoms with Crippen molar-refractivity contribution in [1.29, 1.82) is 0 Å². The van der Waals surface area contributed by atoms with Crippen molar-refractivity contribution in [1.82, 2.24) is 14.4 Å². The standard InChI is InChI=1S/C32H37N3O6/c1-20-27(14-15-34(20)31(39)41-32(2,3)4)35(18-21-16-28(29(36)37)33(5)17-21)30(38)40-19-26-24-12-8-6-10-22(24)23-11-7-9-13-25(23)26/h6-13,16-17,20,26-27H,14-15,18-19H2,1-5H3,(H,36,37)/t20-,27+/m1/s1. The highest BCUT2D eigenvalue weighted by molar-refractivity contribution is 5.86. The fourth-order valence-corrected chi connectivity index (χ4v) is 6.04. The van der Waals surface area contributed by atoms with Crippen LogP contribution in [0.4, 0.5) is 9.59 Å². The summed E-state index contributed by atoms with van der Waals surface area (Å²) in [6, 6.07) is 17.2. The summed E-state index contributed by atoms with van der Waals surface area (Å²) in [5.41, 5.74) is 4.68. The van der Waals surface area contributed by atoms with Crippen LogP contribution in [0.5, 0.6) is 0 Å². The molecule has 9 heteroatoms. The second-order valence-corrected chi connectivity index (χ2v) is 11.9. The number of ether oxygens (including phenoxy) is 2. The second kappa shape index (κ2) is 11.0. The van der Waals surface area contributed by atoms with E-state index in [0.717, 1.165) is 22.3 Å². The molecule has 1 aliphatic heterocycles. The van der Waals surface area contributed by atoms with Crippen LogP contribution in [0.3, 0.4) is 0 Å². The Balaban J connectivity index is 1.39. The number of hydrogen-bond acceptors (Lipinski definition) is 5. The maximum absolute atomic E-state index is 13.8. The Morgan fingerprint density at radius 3 is 2.20 bits per heavy atom. The van der Waals surface area contributed by atoms with E-state index >= 15 is 0 Å². The number of amides is 2. The fraction of sp³-hybridized carbons (Fsp3) is 0.406.